The number of amides is 1. The zero-order chi connectivity index (χ0) is 18.1. The number of hydrogen-bond donors (Lipinski definition) is 3. The van der Waals surface area contributed by atoms with Crippen molar-refractivity contribution >= 4 is 35.1 Å². The number of nitrogens with one attached hydrogen (secondary N) is 3. The molecule has 3 N–H and O–H groups in total. The summed E-state index contributed by atoms with van der Waals surface area (Å²) in [6.07, 6.45) is 1.31. The summed E-state index contributed by atoms with van der Waals surface area (Å²) in [5.74, 6) is 0.644. The van der Waals surface area contributed by atoms with Crippen LogP contribution < -0.4 is 16.0 Å². The number of halogens is 2. The number of rotatable bonds is 7. The van der Waals surface area contributed by atoms with Crippen molar-refractivity contribution in [3.63, 3.8) is 0 Å². The molecule has 1 aromatic rings. The van der Waals surface area contributed by atoms with E-state index in [1.165, 1.54) is 0 Å². The first kappa shape index (κ1) is 20.6. The molecular weight excluding hydrogens is 347 g/mol. The molecule has 134 valence electrons. The van der Waals surface area contributed by atoms with Gasteiger partial charge in [-0.2, -0.15) is 0 Å². The third-order valence-corrected chi connectivity index (χ3v) is 4.23. The van der Waals surface area contributed by atoms with Crippen LogP contribution in [-0.4, -0.2) is 31.5 Å². The fourth-order valence-electron chi connectivity index (χ4n) is 2.07. The van der Waals surface area contributed by atoms with Crippen LogP contribution in [-0.2, 0) is 4.79 Å². The van der Waals surface area contributed by atoms with Crippen LogP contribution in [0.3, 0.4) is 0 Å². The molecule has 0 saturated heterocycles. The van der Waals surface area contributed by atoms with E-state index in [-0.39, 0.29) is 18.0 Å². The van der Waals surface area contributed by atoms with E-state index < -0.39 is 0 Å². The Morgan fingerprint density at radius 2 is 1.96 bits per heavy atom. The molecule has 0 aromatic heterocycles. The van der Waals surface area contributed by atoms with Crippen molar-refractivity contribution in [1.29, 1.82) is 0 Å². The quantitative estimate of drug-likeness (QED) is 0.506. The molecule has 1 aromatic carbocycles. The Balaban J connectivity index is 2.48. The molecule has 24 heavy (non-hydrogen) atoms. The van der Waals surface area contributed by atoms with Gasteiger partial charge in [0.25, 0.3) is 0 Å². The zero-order valence-corrected chi connectivity index (χ0v) is 16.1. The van der Waals surface area contributed by atoms with Gasteiger partial charge >= 0.3 is 0 Å². The maximum absolute atomic E-state index is 11.8. The van der Waals surface area contributed by atoms with Crippen LogP contribution in [0.2, 0.25) is 10.0 Å². The molecule has 0 radical (unpaired) electrons. The molecule has 2 unspecified atom stereocenters. The first-order valence-electron chi connectivity index (χ1n) is 8.08. The van der Waals surface area contributed by atoms with Gasteiger partial charge in [-0.3, -0.25) is 9.79 Å². The second kappa shape index (κ2) is 10.4. The van der Waals surface area contributed by atoms with Crippen molar-refractivity contribution < 1.29 is 4.79 Å². The summed E-state index contributed by atoms with van der Waals surface area (Å²) >= 11 is 12.1. The van der Waals surface area contributed by atoms with Crippen LogP contribution in [0.5, 0.6) is 0 Å². The summed E-state index contributed by atoms with van der Waals surface area (Å²) < 4.78 is 0. The van der Waals surface area contributed by atoms with E-state index in [0.717, 1.165) is 12.0 Å². The third-order valence-electron chi connectivity index (χ3n) is 3.67. The maximum Gasteiger partial charge on any atom is 0.221 e. The third kappa shape index (κ3) is 6.97. The largest absolute Gasteiger partial charge is 0.356 e. The molecule has 0 bridgehead atoms. The van der Waals surface area contributed by atoms with Crippen molar-refractivity contribution in [2.75, 3.05) is 13.6 Å². The van der Waals surface area contributed by atoms with Crippen LogP contribution in [0.25, 0.3) is 0 Å². The van der Waals surface area contributed by atoms with Crippen LogP contribution in [0, 0.1) is 0 Å². The number of hydrogen-bond acceptors (Lipinski definition) is 2. The summed E-state index contributed by atoms with van der Waals surface area (Å²) in [7, 11) is 1.69. The lowest BCUT2D eigenvalue weighted by Gasteiger charge is -2.19. The lowest BCUT2D eigenvalue weighted by molar-refractivity contribution is -0.121. The minimum Gasteiger partial charge on any atom is -0.356 e. The van der Waals surface area contributed by atoms with E-state index in [1.807, 2.05) is 26.8 Å². The Morgan fingerprint density at radius 3 is 2.54 bits per heavy atom. The number of aliphatic imine (C=N–C) groups is 1. The predicted octanol–water partition coefficient (Wildman–Crippen LogP) is 3.52. The van der Waals surface area contributed by atoms with Gasteiger partial charge in [-0.05, 0) is 38.0 Å². The van der Waals surface area contributed by atoms with Crippen LogP contribution in [0.1, 0.15) is 45.2 Å². The zero-order valence-electron chi connectivity index (χ0n) is 14.6. The monoisotopic (exact) mass is 372 g/mol. The Kier molecular flexibility index (Phi) is 8.93. The molecule has 0 heterocycles. The molecular formula is C17H26Cl2N4O. The van der Waals surface area contributed by atoms with Crippen molar-refractivity contribution in [1.82, 2.24) is 16.0 Å². The van der Waals surface area contributed by atoms with Crippen molar-refractivity contribution in [2.24, 2.45) is 4.99 Å². The predicted molar refractivity (Wildman–Crippen MR) is 102 cm³/mol. The Labute approximate surface area is 154 Å². The fourth-order valence-corrected chi connectivity index (χ4v) is 2.65. The van der Waals surface area contributed by atoms with Crippen molar-refractivity contribution in [2.45, 2.75) is 45.7 Å². The molecule has 2 atom stereocenters. The van der Waals surface area contributed by atoms with Crippen molar-refractivity contribution in [3.8, 4) is 0 Å². The van der Waals surface area contributed by atoms with Crippen LogP contribution in [0.4, 0.5) is 0 Å². The van der Waals surface area contributed by atoms with Gasteiger partial charge in [0.2, 0.25) is 5.91 Å². The van der Waals surface area contributed by atoms with Crippen molar-refractivity contribution in [3.05, 3.63) is 33.8 Å². The summed E-state index contributed by atoms with van der Waals surface area (Å²) in [4.78, 5) is 15.9. The Morgan fingerprint density at radius 1 is 1.25 bits per heavy atom. The molecule has 0 saturated carbocycles. The molecule has 1 rings (SSSR count). The smallest absolute Gasteiger partial charge is 0.221 e. The molecule has 0 aliphatic rings. The topological polar surface area (TPSA) is 65.5 Å². The van der Waals surface area contributed by atoms with E-state index in [1.54, 1.807) is 19.2 Å². The van der Waals surface area contributed by atoms with Gasteiger partial charge in [-0.25, -0.2) is 0 Å². The van der Waals surface area contributed by atoms with Gasteiger partial charge in [-0.1, -0.05) is 36.2 Å². The van der Waals surface area contributed by atoms with E-state index >= 15 is 0 Å². The summed E-state index contributed by atoms with van der Waals surface area (Å²) in [6, 6.07) is 5.55. The lowest BCUT2D eigenvalue weighted by Crippen LogP contribution is -2.41. The molecule has 5 nitrogen and oxygen atoms in total. The summed E-state index contributed by atoms with van der Waals surface area (Å²) in [5, 5.41) is 10.5. The lowest BCUT2D eigenvalue weighted by atomic mass is 10.1. The average molecular weight is 373 g/mol. The number of carbonyl (C=O) groups excluding carboxylic acids is 1. The Hall–Kier alpha value is -1.46. The number of guanidine groups is 1. The van der Waals surface area contributed by atoms with E-state index in [2.05, 4.69) is 20.9 Å². The van der Waals surface area contributed by atoms with Crippen LogP contribution >= 0.6 is 23.2 Å². The first-order chi connectivity index (χ1) is 11.4. The van der Waals surface area contributed by atoms with Gasteiger partial charge in [0.15, 0.2) is 5.96 Å². The summed E-state index contributed by atoms with van der Waals surface area (Å²) in [5.41, 5.74) is 0.929. The minimum absolute atomic E-state index is 0.0288. The number of benzene rings is 1. The molecule has 0 fully saturated rings. The fraction of sp³-hybridized carbons (Fsp3) is 0.529. The summed E-state index contributed by atoms with van der Waals surface area (Å²) in [6.45, 7) is 6.52. The molecule has 7 heteroatoms. The minimum atomic E-state index is -0.0464. The molecule has 0 aliphatic carbocycles. The second-order valence-corrected chi connectivity index (χ2v) is 6.50. The average Bonchev–Trinajstić information content (AvgIpc) is 2.53. The van der Waals surface area contributed by atoms with E-state index in [0.29, 0.717) is 29.0 Å². The number of nitrogens with zero attached hydrogens (tertiary/aromatic N) is 1. The highest BCUT2D eigenvalue weighted by Crippen LogP contribution is 2.25. The standard InChI is InChI=1S/C17H26Cl2N4O/c1-5-11(2)22-16(24)8-9-21-17(20-4)23-12(3)14-7-6-13(18)10-15(14)19/h6-7,10-12H,5,8-9H2,1-4H3,(H,22,24)(H2,20,21,23). The van der Waals surface area contributed by atoms with Gasteiger partial charge in [0, 0.05) is 36.1 Å². The number of carbonyl (C=O) groups is 1. The van der Waals surface area contributed by atoms with Crippen LogP contribution in [0.15, 0.2) is 23.2 Å². The van der Waals surface area contributed by atoms with Gasteiger partial charge in [0.05, 0.1) is 6.04 Å². The van der Waals surface area contributed by atoms with Gasteiger partial charge in [0.1, 0.15) is 0 Å². The van der Waals surface area contributed by atoms with Gasteiger partial charge < -0.3 is 16.0 Å². The normalized spacial score (nSPS) is 14.0. The molecule has 1 amide bonds. The second-order valence-electron chi connectivity index (χ2n) is 5.66. The molecule has 0 spiro atoms. The highest BCUT2D eigenvalue weighted by molar-refractivity contribution is 6.35. The molecule has 0 aliphatic heterocycles. The Bertz CT molecular complexity index is 578. The van der Waals surface area contributed by atoms with E-state index in [4.69, 9.17) is 23.2 Å². The first-order valence-corrected chi connectivity index (χ1v) is 8.84. The van der Waals surface area contributed by atoms with Gasteiger partial charge in [-0.15, -0.1) is 0 Å². The highest BCUT2D eigenvalue weighted by Gasteiger charge is 2.12. The maximum atomic E-state index is 11.8. The van der Waals surface area contributed by atoms with E-state index in [9.17, 15) is 4.79 Å². The SMILES string of the molecule is CCC(C)NC(=O)CCNC(=NC)NC(C)c1ccc(Cl)cc1Cl. The highest BCUT2D eigenvalue weighted by atomic mass is 35.5.